The van der Waals surface area contributed by atoms with Gasteiger partial charge in [0.25, 0.3) is 0 Å². The molecule has 0 bridgehead atoms. The molecule has 0 aliphatic heterocycles. The zero-order chi connectivity index (χ0) is 14.5. The predicted octanol–water partition coefficient (Wildman–Crippen LogP) is 5.87. The standard InChI is InChI=1S/C16H16Br3N/c1-2-20-16(9-11-5-3-4-6-14(11)18)13-10-12(17)7-8-15(13)19/h3-8,10,16,20H,2,9H2,1H3. The summed E-state index contributed by atoms with van der Waals surface area (Å²) in [5.74, 6) is 0. The van der Waals surface area contributed by atoms with Crippen LogP contribution in [0, 0.1) is 0 Å². The SMILES string of the molecule is CCNC(Cc1ccccc1Br)c1cc(Br)ccc1Br. The minimum atomic E-state index is 0.283. The molecule has 1 N–H and O–H groups in total. The van der Waals surface area contributed by atoms with Crippen molar-refractivity contribution in [2.75, 3.05) is 6.54 Å². The number of nitrogens with one attached hydrogen (secondary N) is 1. The summed E-state index contributed by atoms with van der Waals surface area (Å²) in [6.07, 6.45) is 0.949. The Hall–Kier alpha value is -0.160. The Kier molecular flexibility index (Phi) is 6.27. The molecule has 0 aliphatic carbocycles. The third-order valence-electron chi connectivity index (χ3n) is 3.17. The van der Waals surface area contributed by atoms with Crippen LogP contribution in [0.25, 0.3) is 0 Å². The van der Waals surface area contributed by atoms with Gasteiger partial charge in [0, 0.05) is 19.5 Å². The summed E-state index contributed by atoms with van der Waals surface area (Å²) in [6, 6.07) is 15.0. The topological polar surface area (TPSA) is 12.0 Å². The van der Waals surface area contributed by atoms with Crippen LogP contribution in [0.2, 0.25) is 0 Å². The van der Waals surface area contributed by atoms with Crippen molar-refractivity contribution in [1.82, 2.24) is 5.32 Å². The number of hydrogen-bond acceptors (Lipinski definition) is 1. The van der Waals surface area contributed by atoms with E-state index in [9.17, 15) is 0 Å². The van der Waals surface area contributed by atoms with Crippen molar-refractivity contribution in [1.29, 1.82) is 0 Å². The molecule has 1 unspecified atom stereocenters. The van der Waals surface area contributed by atoms with Crippen molar-refractivity contribution < 1.29 is 0 Å². The van der Waals surface area contributed by atoms with Crippen LogP contribution in [0.5, 0.6) is 0 Å². The Morgan fingerprint density at radius 3 is 2.45 bits per heavy atom. The summed E-state index contributed by atoms with van der Waals surface area (Å²) in [5.41, 5.74) is 2.59. The molecule has 4 heteroatoms. The van der Waals surface area contributed by atoms with E-state index in [0.29, 0.717) is 0 Å². The molecule has 0 amide bonds. The second-order valence-electron chi connectivity index (χ2n) is 4.57. The largest absolute Gasteiger partial charge is 0.310 e. The predicted molar refractivity (Wildman–Crippen MR) is 96.1 cm³/mol. The van der Waals surface area contributed by atoms with E-state index in [1.165, 1.54) is 11.1 Å². The molecule has 0 radical (unpaired) electrons. The summed E-state index contributed by atoms with van der Waals surface area (Å²) in [5, 5.41) is 3.57. The minimum Gasteiger partial charge on any atom is -0.310 e. The van der Waals surface area contributed by atoms with E-state index in [0.717, 1.165) is 26.4 Å². The lowest BCUT2D eigenvalue weighted by molar-refractivity contribution is 0.547. The van der Waals surface area contributed by atoms with Crippen LogP contribution < -0.4 is 5.32 Å². The monoisotopic (exact) mass is 459 g/mol. The van der Waals surface area contributed by atoms with E-state index in [2.05, 4.69) is 96.4 Å². The van der Waals surface area contributed by atoms with Crippen molar-refractivity contribution in [2.45, 2.75) is 19.4 Å². The van der Waals surface area contributed by atoms with E-state index in [1.807, 2.05) is 6.07 Å². The van der Waals surface area contributed by atoms with Gasteiger partial charge in [-0.05, 0) is 48.4 Å². The molecule has 2 aromatic carbocycles. The molecule has 1 nitrogen and oxygen atoms in total. The summed E-state index contributed by atoms with van der Waals surface area (Å²) in [4.78, 5) is 0. The molecule has 106 valence electrons. The maximum absolute atomic E-state index is 3.66. The molecule has 0 heterocycles. The molecule has 0 saturated carbocycles. The molecule has 2 rings (SSSR count). The summed E-state index contributed by atoms with van der Waals surface area (Å²) in [6.45, 7) is 3.08. The first-order valence-corrected chi connectivity index (χ1v) is 8.91. The van der Waals surface area contributed by atoms with Gasteiger partial charge in [0.2, 0.25) is 0 Å². The molecule has 0 spiro atoms. The molecular weight excluding hydrogens is 446 g/mol. The smallest absolute Gasteiger partial charge is 0.0372 e. The van der Waals surface area contributed by atoms with E-state index >= 15 is 0 Å². The molecular formula is C16H16Br3N. The first kappa shape index (κ1) is 16.2. The summed E-state index contributed by atoms with van der Waals surface area (Å²) in [7, 11) is 0. The van der Waals surface area contributed by atoms with Crippen molar-refractivity contribution in [3.05, 3.63) is 67.0 Å². The molecule has 2 aromatic rings. The first-order valence-electron chi connectivity index (χ1n) is 6.53. The normalized spacial score (nSPS) is 12.4. The van der Waals surface area contributed by atoms with E-state index in [1.54, 1.807) is 0 Å². The fourth-order valence-electron chi connectivity index (χ4n) is 2.20. The Labute approximate surface area is 145 Å². The van der Waals surface area contributed by atoms with Gasteiger partial charge in [0.15, 0.2) is 0 Å². The summed E-state index contributed by atoms with van der Waals surface area (Å²) < 4.78 is 3.40. The summed E-state index contributed by atoms with van der Waals surface area (Å²) >= 11 is 10.9. The van der Waals surface area contributed by atoms with Crippen molar-refractivity contribution in [2.24, 2.45) is 0 Å². The molecule has 0 aliphatic rings. The second kappa shape index (κ2) is 7.74. The van der Waals surface area contributed by atoms with Crippen molar-refractivity contribution in [3.63, 3.8) is 0 Å². The van der Waals surface area contributed by atoms with Gasteiger partial charge in [-0.2, -0.15) is 0 Å². The second-order valence-corrected chi connectivity index (χ2v) is 7.20. The highest BCUT2D eigenvalue weighted by Crippen LogP contribution is 2.30. The lowest BCUT2D eigenvalue weighted by atomic mass is 9.99. The zero-order valence-electron chi connectivity index (χ0n) is 11.2. The van der Waals surface area contributed by atoms with Crippen LogP contribution >= 0.6 is 47.8 Å². The Bertz CT molecular complexity index is 584. The quantitative estimate of drug-likeness (QED) is 0.587. The van der Waals surface area contributed by atoms with Gasteiger partial charge in [0.05, 0.1) is 0 Å². The Balaban J connectivity index is 2.32. The highest BCUT2D eigenvalue weighted by molar-refractivity contribution is 9.11. The molecule has 0 fully saturated rings. The van der Waals surface area contributed by atoms with Crippen LogP contribution in [-0.4, -0.2) is 6.54 Å². The molecule has 0 saturated heterocycles. The first-order chi connectivity index (χ1) is 9.61. The van der Waals surface area contributed by atoms with Gasteiger partial charge in [-0.15, -0.1) is 0 Å². The number of likely N-dealkylation sites (N-methyl/N-ethyl adjacent to an activating group) is 1. The average Bonchev–Trinajstić information content (AvgIpc) is 2.43. The average molecular weight is 462 g/mol. The third kappa shape index (κ3) is 4.17. The highest BCUT2D eigenvalue weighted by Gasteiger charge is 2.15. The van der Waals surface area contributed by atoms with Crippen LogP contribution in [0.3, 0.4) is 0 Å². The van der Waals surface area contributed by atoms with Crippen molar-refractivity contribution >= 4 is 47.8 Å². The molecule has 20 heavy (non-hydrogen) atoms. The fraction of sp³-hybridized carbons (Fsp3) is 0.250. The number of rotatable bonds is 5. The van der Waals surface area contributed by atoms with Crippen molar-refractivity contribution in [3.8, 4) is 0 Å². The number of hydrogen-bond donors (Lipinski definition) is 1. The fourth-order valence-corrected chi connectivity index (χ4v) is 3.55. The van der Waals surface area contributed by atoms with Gasteiger partial charge in [-0.1, -0.05) is 72.9 Å². The van der Waals surface area contributed by atoms with Gasteiger partial charge >= 0.3 is 0 Å². The Morgan fingerprint density at radius 2 is 1.75 bits per heavy atom. The van der Waals surface area contributed by atoms with Gasteiger partial charge in [-0.25, -0.2) is 0 Å². The zero-order valence-corrected chi connectivity index (χ0v) is 15.9. The van der Waals surface area contributed by atoms with E-state index < -0.39 is 0 Å². The number of halogens is 3. The van der Waals surface area contributed by atoms with Crippen LogP contribution in [0.15, 0.2) is 55.9 Å². The van der Waals surface area contributed by atoms with E-state index in [-0.39, 0.29) is 6.04 Å². The lowest BCUT2D eigenvalue weighted by Gasteiger charge is -2.21. The van der Waals surface area contributed by atoms with Gasteiger partial charge < -0.3 is 5.32 Å². The van der Waals surface area contributed by atoms with Crippen LogP contribution in [-0.2, 0) is 6.42 Å². The lowest BCUT2D eigenvalue weighted by Crippen LogP contribution is -2.23. The Morgan fingerprint density at radius 1 is 1.00 bits per heavy atom. The van der Waals surface area contributed by atoms with Gasteiger partial charge in [0.1, 0.15) is 0 Å². The maximum Gasteiger partial charge on any atom is 0.0372 e. The highest BCUT2D eigenvalue weighted by atomic mass is 79.9. The molecule has 0 aromatic heterocycles. The minimum absolute atomic E-state index is 0.283. The maximum atomic E-state index is 3.66. The van der Waals surface area contributed by atoms with Gasteiger partial charge in [-0.3, -0.25) is 0 Å². The molecule has 1 atom stereocenters. The third-order valence-corrected chi connectivity index (χ3v) is 5.15. The van der Waals surface area contributed by atoms with Crippen LogP contribution in [0.4, 0.5) is 0 Å². The van der Waals surface area contributed by atoms with Crippen LogP contribution in [0.1, 0.15) is 24.1 Å². The van der Waals surface area contributed by atoms with E-state index in [4.69, 9.17) is 0 Å². The number of benzene rings is 2.